The van der Waals surface area contributed by atoms with Gasteiger partial charge in [0.05, 0.1) is 33.0 Å². The van der Waals surface area contributed by atoms with Crippen molar-refractivity contribution in [2.24, 2.45) is 0 Å². The second kappa shape index (κ2) is 5.11. The van der Waals surface area contributed by atoms with Gasteiger partial charge in [0.25, 0.3) is 0 Å². The predicted molar refractivity (Wildman–Crippen MR) is 59.8 cm³/mol. The molecule has 94 valence electrons. The summed E-state index contributed by atoms with van der Waals surface area (Å²) >= 11 is 0. The summed E-state index contributed by atoms with van der Waals surface area (Å²) in [5.41, 5.74) is 5.57. The largest absolute Gasteiger partial charge is 0.467 e. The van der Waals surface area contributed by atoms with Crippen molar-refractivity contribution in [3.63, 3.8) is 0 Å². The quantitative estimate of drug-likeness (QED) is 0.669. The fraction of sp³-hybridized carbons (Fsp3) is 0.667. The van der Waals surface area contributed by atoms with Crippen molar-refractivity contribution in [3.8, 4) is 6.01 Å². The zero-order valence-electron chi connectivity index (χ0n) is 9.54. The third-order valence-electron chi connectivity index (χ3n) is 2.50. The van der Waals surface area contributed by atoms with Crippen LogP contribution in [0.25, 0.3) is 0 Å². The minimum absolute atomic E-state index is 0.0338. The molecular weight excluding hydrogens is 226 g/mol. The van der Waals surface area contributed by atoms with Crippen LogP contribution in [-0.4, -0.2) is 59.6 Å². The van der Waals surface area contributed by atoms with E-state index in [-0.39, 0.29) is 24.6 Å². The van der Waals surface area contributed by atoms with Crippen LogP contribution < -0.4 is 15.4 Å². The highest BCUT2D eigenvalue weighted by atomic mass is 16.5. The molecule has 1 fully saturated rings. The molecule has 8 nitrogen and oxygen atoms in total. The Morgan fingerprint density at radius 2 is 2.35 bits per heavy atom. The van der Waals surface area contributed by atoms with E-state index in [0.717, 1.165) is 0 Å². The topological polar surface area (TPSA) is 107 Å². The van der Waals surface area contributed by atoms with E-state index >= 15 is 0 Å². The molecule has 8 heteroatoms. The van der Waals surface area contributed by atoms with Crippen LogP contribution >= 0.6 is 0 Å². The van der Waals surface area contributed by atoms with E-state index in [1.54, 1.807) is 0 Å². The monoisotopic (exact) mass is 241 g/mol. The summed E-state index contributed by atoms with van der Waals surface area (Å²) in [7, 11) is 1.46. The first-order chi connectivity index (χ1) is 8.24. The minimum atomic E-state index is -0.171. The number of aliphatic hydroxyl groups is 1. The number of nitrogens with two attached hydrogens (primary N) is 1. The Labute approximate surface area is 98.4 Å². The van der Waals surface area contributed by atoms with Crippen molar-refractivity contribution in [1.29, 1.82) is 0 Å². The normalized spacial score (nSPS) is 20.4. The zero-order chi connectivity index (χ0) is 12.3. The van der Waals surface area contributed by atoms with Gasteiger partial charge in [-0.3, -0.25) is 0 Å². The van der Waals surface area contributed by atoms with Crippen LogP contribution in [0.1, 0.15) is 0 Å². The SMILES string of the molecule is COc1nc(N)nc(N2CCOCC2CO)n1. The molecule has 2 heterocycles. The molecule has 1 aromatic rings. The number of aromatic nitrogens is 3. The van der Waals surface area contributed by atoms with E-state index < -0.39 is 0 Å². The highest BCUT2D eigenvalue weighted by Crippen LogP contribution is 2.17. The van der Waals surface area contributed by atoms with Gasteiger partial charge < -0.3 is 25.2 Å². The molecule has 0 amide bonds. The molecule has 0 spiro atoms. The highest BCUT2D eigenvalue weighted by molar-refractivity contribution is 5.37. The molecule has 3 N–H and O–H groups in total. The van der Waals surface area contributed by atoms with E-state index in [0.29, 0.717) is 25.7 Å². The fourth-order valence-electron chi connectivity index (χ4n) is 1.65. The van der Waals surface area contributed by atoms with Crippen molar-refractivity contribution >= 4 is 11.9 Å². The van der Waals surface area contributed by atoms with Crippen molar-refractivity contribution in [3.05, 3.63) is 0 Å². The molecule has 0 radical (unpaired) electrons. The Bertz CT molecular complexity index is 389. The third kappa shape index (κ3) is 2.53. The zero-order valence-corrected chi connectivity index (χ0v) is 9.54. The molecule has 1 aliphatic heterocycles. The first-order valence-corrected chi connectivity index (χ1v) is 5.25. The van der Waals surface area contributed by atoms with E-state index in [9.17, 15) is 5.11 Å². The van der Waals surface area contributed by atoms with Crippen LogP contribution in [0.5, 0.6) is 6.01 Å². The standard InChI is InChI=1S/C9H15N5O3/c1-16-9-12-7(10)11-8(13-9)14-2-3-17-5-6(14)4-15/h6,15H,2-5H2,1H3,(H2,10,11,12,13). The molecular formula is C9H15N5O3. The summed E-state index contributed by atoms with van der Waals surface area (Å²) in [5, 5.41) is 9.26. The number of rotatable bonds is 3. The summed E-state index contributed by atoms with van der Waals surface area (Å²) in [5.74, 6) is 0.492. The lowest BCUT2D eigenvalue weighted by Gasteiger charge is -2.34. The maximum atomic E-state index is 9.26. The summed E-state index contributed by atoms with van der Waals surface area (Å²) in [6.45, 7) is 1.56. The first-order valence-electron chi connectivity index (χ1n) is 5.25. The number of nitrogen functional groups attached to an aromatic ring is 1. The molecule has 0 aromatic carbocycles. The van der Waals surface area contributed by atoms with Gasteiger partial charge in [0.15, 0.2) is 0 Å². The number of hydrogen-bond donors (Lipinski definition) is 2. The second-order valence-corrected chi connectivity index (χ2v) is 3.59. The number of anilines is 2. The van der Waals surface area contributed by atoms with Crippen molar-refractivity contribution in [2.75, 3.05) is 44.1 Å². The second-order valence-electron chi connectivity index (χ2n) is 3.59. The summed E-state index contributed by atoms with van der Waals surface area (Å²) < 4.78 is 10.2. The average molecular weight is 241 g/mol. The van der Waals surface area contributed by atoms with Crippen molar-refractivity contribution in [1.82, 2.24) is 15.0 Å². The van der Waals surface area contributed by atoms with Crippen LogP contribution in [0.2, 0.25) is 0 Å². The molecule has 0 aliphatic carbocycles. The van der Waals surface area contributed by atoms with Gasteiger partial charge in [-0.1, -0.05) is 0 Å². The van der Waals surface area contributed by atoms with Crippen molar-refractivity contribution in [2.45, 2.75) is 6.04 Å². The smallest absolute Gasteiger partial charge is 0.322 e. The van der Waals surface area contributed by atoms with E-state index in [2.05, 4.69) is 15.0 Å². The Kier molecular flexibility index (Phi) is 3.55. The van der Waals surface area contributed by atoms with Crippen LogP contribution in [0.4, 0.5) is 11.9 Å². The number of aliphatic hydroxyl groups excluding tert-OH is 1. The van der Waals surface area contributed by atoms with E-state index in [1.165, 1.54) is 7.11 Å². The molecule has 1 atom stereocenters. The summed E-state index contributed by atoms with van der Waals surface area (Å²) in [4.78, 5) is 13.8. The summed E-state index contributed by atoms with van der Waals surface area (Å²) in [6, 6.07) is -0.00839. The van der Waals surface area contributed by atoms with Gasteiger partial charge in [-0.2, -0.15) is 15.0 Å². The Morgan fingerprint density at radius 1 is 1.53 bits per heavy atom. The predicted octanol–water partition coefficient (Wildman–Crippen LogP) is -1.34. The lowest BCUT2D eigenvalue weighted by atomic mass is 10.2. The van der Waals surface area contributed by atoms with Gasteiger partial charge in [-0.25, -0.2) is 0 Å². The molecule has 17 heavy (non-hydrogen) atoms. The van der Waals surface area contributed by atoms with Crippen molar-refractivity contribution < 1.29 is 14.6 Å². The van der Waals surface area contributed by atoms with Gasteiger partial charge >= 0.3 is 6.01 Å². The molecule has 1 aromatic heterocycles. The van der Waals surface area contributed by atoms with Gasteiger partial charge in [-0.15, -0.1) is 0 Å². The maximum absolute atomic E-state index is 9.26. The van der Waals surface area contributed by atoms with E-state index in [4.69, 9.17) is 15.2 Å². The number of ether oxygens (including phenoxy) is 2. The Morgan fingerprint density at radius 3 is 3.06 bits per heavy atom. The van der Waals surface area contributed by atoms with Crippen LogP contribution in [0.3, 0.4) is 0 Å². The molecule has 1 unspecified atom stereocenters. The Balaban J connectivity index is 2.27. The first kappa shape index (κ1) is 11.8. The number of methoxy groups -OCH3 is 1. The number of hydrogen-bond acceptors (Lipinski definition) is 8. The number of nitrogens with zero attached hydrogens (tertiary/aromatic N) is 4. The maximum Gasteiger partial charge on any atom is 0.322 e. The van der Waals surface area contributed by atoms with Gasteiger partial charge in [-0.05, 0) is 0 Å². The van der Waals surface area contributed by atoms with Crippen LogP contribution in [-0.2, 0) is 4.74 Å². The van der Waals surface area contributed by atoms with Gasteiger partial charge in [0.1, 0.15) is 0 Å². The van der Waals surface area contributed by atoms with Crippen LogP contribution in [0.15, 0.2) is 0 Å². The van der Waals surface area contributed by atoms with E-state index in [1.807, 2.05) is 4.90 Å². The Hall–Kier alpha value is -1.67. The van der Waals surface area contributed by atoms with Gasteiger partial charge in [0, 0.05) is 6.54 Å². The fourth-order valence-corrected chi connectivity index (χ4v) is 1.65. The third-order valence-corrected chi connectivity index (χ3v) is 2.50. The lowest BCUT2D eigenvalue weighted by Crippen LogP contribution is -2.48. The molecule has 0 bridgehead atoms. The highest BCUT2D eigenvalue weighted by Gasteiger charge is 2.25. The number of morpholine rings is 1. The average Bonchev–Trinajstić information content (AvgIpc) is 2.37. The van der Waals surface area contributed by atoms with Crippen LogP contribution in [0, 0.1) is 0 Å². The molecule has 2 rings (SSSR count). The molecule has 1 saturated heterocycles. The summed E-state index contributed by atoms with van der Waals surface area (Å²) in [6.07, 6.45) is 0. The lowest BCUT2D eigenvalue weighted by molar-refractivity contribution is 0.0717. The molecule has 1 aliphatic rings. The minimum Gasteiger partial charge on any atom is -0.467 e. The van der Waals surface area contributed by atoms with Gasteiger partial charge in [0.2, 0.25) is 11.9 Å². The molecule has 0 saturated carbocycles.